The average Bonchev–Trinajstić information content (AvgIpc) is 3.12. The first-order valence-corrected chi connectivity index (χ1v) is 8.45. The Kier molecular flexibility index (Phi) is 3.38. The number of aromatic nitrogens is 3. The second kappa shape index (κ2) is 5.25. The lowest BCUT2D eigenvalue weighted by atomic mass is 10.1. The molecule has 2 fully saturated rings. The van der Waals surface area contributed by atoms with Gasteiger partial charge >= 0.3 is 0 Å². The third kappa shape index (κ3) is 2.16. The molecule has 112 valence electrons. The minimum atomic E-state index is 0.519. The number of nitrogens with zero attached hydrogens (tertiary/aromatic N) is 4. The molecular weight excluding hydrogens is 284 g/mol. The van der Waals surface area contributed by atoms with Crippen LogP contribution in [0.25, 0.3) is 11.2 Å². The normalized spacial score (nSPS) is 25.8. The third-order valence-electron chi connectivity index (χ3n) is 4.96. The van der Waals surface area contributed by atoms with Gasteiger partial charge in [0.1, 0.15) is 11.3 Å². The van der Waals surface area contributed by atoms with E-state index in [9.17, 15) is 0 Å². The molecule has 21 heavy (non-hydrogen) atoms. The molecular formula is C16H21ClN4. The Hall–Kier alpha value is -1.13. The van der Waals surface area contributed by atoms with Crippen LogP contribution in [0.4, 0.5) is 0 Å². The van der Waals surface area contributed by atoms with Gasteiger partial charge in [0.25, 0.3) is 0 Å². The minimum Gasteiger partial charge on any atom is -0.308 e. The van der Waals surface area contributed by atoms with Crippen LogP contribution in [0.3, 0.4) is 0 Å². The first-order valence-electron chi connectivity index (χ1n) is 7.91. The van der Waals surface area contributed by atoms with Gasteiger partial charge in [-0.25, -0.2) is 9.97 Å². The largest absolute Gasteiger partial charge is 0.308 e. The Morgan fingerprint density at radius 2 is 2.19 bits per heavy atom. The summed E-state index contributed by atoms with van der Waals surface area (Å²) in [6.07, 6.45) is 6.61. The zero-order valence-electron chi connectivity index (χ0n) is 12.4. The van der Waals surface area contributed by atoms with Crippen LogP contribution >= 0.6 is 11.6 Å². The van der Waals surface area contributed by atoms with E-state index in [-0.39, 0.29) is 0 Å². The summed E-state index contributed by atoms with van der Waals surface area (Å²) in [5.74, 6) is 1.72. The lowest BCUT2D eigenvalue weighted by molar-refractivity contribution is 0.290. The number of imidazole rings is 1. The number of rotatable bonds is 3. The van der Waals surface area contributed by atoms with E-state index >= 15 is 0 Å². The van der Waals surface area contributed by atoms with Gasteiger partial charge in [-0.3, -0.25) is 4.90 Å². The summed E-state index contributed by atoms with van der Waals surface area (Å²) < 4.78 is 2.40. The molecule has 2 atom stereocenters. The third-order valence-corrected chi connectivity index (χ3v) is 5.15. The maximum atomic E-state index is 6.00. The summed E-state index contributed by atoms with van der Waals surface area (Å²) in [6.45, 7) is 4.54. The smallest absolute Gasteiger partial charge is 0.160 e. The van der Waals surface area contributed by atoms with Crippen molar-refractivity contribution >= 4 is 22.8 Å². The fourth-order valence-electron chi connectivity index (χ4n) is 4.10. The summed E-state index contributed by atoms with van der Waals surface area (Å²) in [5.41, 5.74) is 3.23. The topological polar surface area (TPSA) is 34.0 Å². The number of aryl methyl sites for hydroxylation is 2. The van der Waals surface area contributed by atoms with Gasteiger partial charge < -0.3 is 4.57 Å². The number of hydrogen-bond acceptors (Lipinski definition) is 3. The van der Waals surface area contributed by atoms with Crippen molar-refractivity contribution in [1.82, 2.24) is 19.4 Å². The van der Waals surface area contributed by atoms with Crippen molar-refractivity contribution in [2.75, 3.05) is 19.0 Å². The second-order valence-corrected chi connectivity index (χ2v) is 6.67. The summed E-state index contributed by atoms with van der Waals surface area (Å²) in [5, 5.41) is 0. The van der Waals surface area contributed by atoms with Crippen LogP contribution < -0.4 is 0 Å². The zero-order valence-corrected chi connectivity index (χ0v) is 13.2. The highest BCUT2D eigenvalue weighted by atomic mass is 35.5. The van der Waals surface area contributed by atoms with Crippen LogP contribution in [0, 0.1) is 6.92 Å². The molecule has 4 rings (SSSR count). The Balaban J connectivity index is 1.83. The molecule has 0 spiro atoms. The van der Waals surface area contributed by atoms with Crippen molar-refractivity contribution in [3.8, 4) is 0 Å². The molecule has 0 amide bonds. The Labute approximate surface area is 130 Å². The SMILES string of the molecule is Cc1cnc2c(c1)nc(CCCl)n2C1CCN2CCCC12. The molecule has 2 aromatic heterocycles. The van der Waals surface area contributed by atoms with Crippen molar-refractivity contribution in [3.63, 3.8) is 0 Å². The van der Waals surface area contributed by atoms with Crippen molar-refractivity contribution in [2.24, 2.45) is 0 Å². The molecule has 0 bridgehead atoms. The molecule has 2 unspecified atom stereocenters. The predicted octanol–water partition coefficient (Wildman–Crippen LogP) is 2.93. The number of halogens is 1. The number of alkyl halides is 1. The summed E-state index contributed by atoms with van der Waals surface area (Å²) >= 11 is 6.00. The maximum Gasteiger partial charge on any atom is 0.160 e. The van der Waals surface area contributed by atoms with Crippen LogP contribution in [-0.4, -0.2) is 44.4 Å². The molecule has 0 aromatic carbocycles. The first kappa shape index (κ1) is 13.5. The van der Waals surface area contributed by atoms with E-state index in [1.807, 2.05) is 6.20 Å². The molecule has 0 aliphatic carbocycles. The minimum absolute atomic E-state index is 0.519. The molecule has 2 aliphatic rings. The highest BCUT2D eigenvalue weighted by molar-refractivity contribution is 6.17. The van der Waals surface area contributed by atoms with Gasteiger partial charge in [0, 0.05) is 31.1 Å². The second-order valence-electron chi connectivity index (χ2n) is 6.29. The van der Waals surface area contributed by atoms with Gasteiger partial charge in [0.05, 0.1) is 6.04 Å². The van der Waals surface area contributed by atoms with Crippen LogP contribution in [0.1, 0.15) is 36.7 Å². The quantitative estimate of drug-likeness (QED) is 0.818. The lowest BCUT2D eigenvalue weighted by Crippen LogP contribution is -2.28. The fourth-order valence-corrected chi connectivity index (χ4v) is 4.26. The monoisotopic (exact) mass is 304 g/mol. The van der Waals surface area contributed by atoms with E-state index < -0.39 is 0 Å². The van der Waals surface area contributed by atoms with E-state index in [2.05, 4.69) is 27.4 Å². The van der Waals surface area contributed by atoms with Gasteiger partial charge in [-0.1, -0.05) is 0 Å². The summed E-state index contributed by atoms with van der Waals surface area (Å²) in [4.78, 5) is 12.1. The highest BCUT2D eigenvalue weighted by Crippen LogP contribution is 2.38. The number of pyridine rings is 1. The molecule has 2 saturated heterocycles. The Bertz CT molecular complexity index is 666. The van der Waals surface area contributed by atoms with E-state index in [0.717, 1.165) is 23.4 Å². The number of fused-ring (bicyclic) bond motifs is 2. The molecule has 0 N–H and O–H groups in total. The van der Waals surface area contributed by atoms with Crippen molar-refractivity contribution in [2.45, 2.75) is 44.7 Å². The van der Waals surface area contributed by atoms with Crippen LogP contribution in [0.15, 0.2) is 12.3 Å². The molecule has 2 aromatic rings. The molecule has 0 saturated carbocycles. The average molecular weight is 305 g/mol. The van der Waals surface area contributed by atoms with Gasteiger partial charge in [-0.15, -0.1) is 11.6 Å². The summed E-state index contributed by atoms with van der Waals surface area (Å²) in [6, 6.07) is 3.32. The molecule has 5 heteroatoms. The van der Waals surface area contributed by atoms with Crippen LogP contribution in [0.2, 0.25) is 0 Å². The van der Waals surface area contributed by atoms with Crippen molar-refractivity contribution < 1.29 is 0 Å². The van der Waals surface area contributed by atoms with E-state index in [0.29, 0.717) is 18.0 Å². The van der Waals surface area contributed by atoms with E-state index in [4.69, 9.17) is 16.6 Å². The van der Waals surface area contributed by atoms with Gasteiger partial charge in [0.15, 0.2) is 5.65 Å². The molecule has 0 radical (unpaired) electrons. The highest BCUT2D eigenvalue weighted by Gasteiger charge is 2.39. The van der Waals surface area contributed by atoms with Gasteiger partial charge in [-0.2, -0.15) is 0 Å². The molecule has 2 aliphatic heterocycles. The maximum absolute atomic E-state index is 6.00. The van der Waals surface area contributed by atoms with E-state index in [1.54, 1.807) is 0 Å². The van der Waals surface area contributed by atoms with Gasteiger partial charge in [0.2, 0.25) is 0 Å². The Morgan fingerprint density at radius 1 is 1.29 bits per heavy atom. The molecule has 4 heterocycles. The zero-order chi connectivity index (χ0) is 14.4. The van der Waals surface area contributed by atoms with Gasteiger partial charge in [-0.05, 0) is 44.4 Å². The van der Waals surface area contributed by atoms with E-state index in [1.165, 1.54) is 37.9 Å². The fraction of sp³-hybridized carbons (Fsp3) is 0.625. The number of hydrogen-bond donors (Lipinski definition) is 0. The lowest BCUT2D eigenvalue weighted by Gasteiger charge is -2.23. The van der Waals surface area contributed by atoms with Crippen LogP contribution in [-0.2, 0) is 6.42 Å². The first-order chi connectivity index (χ1) is 10.3. The predicted molar refractivity (Wildman–Crippen MR) is 84.9 cm³/mol. The Morgan fingerprint density at radius 3 is 3.05 bits per heavy atom. The summed E-state index contributed by atoms with van der Waals surface area (Å²) in [7, 11) is 0. The van der Waals surface area contributed by atoms with Crippen molar-refractivity contribution in [3.05, 3.63) is 23.7 Å². The van der Waals surface area contributed by atoms with Crippen LogP contribution in [0.5, 0.6) is 0 Å². The standard InChI is InChI=1S/C16H21ClN4/c1-11-9-12-16(18-10-11)21(15(19-12)4-6-17)14-5-8-20-7-2-3-13(14)20/h9-10,13-14H,2-8H2,1H3. The van der Waals surface area contributed by atoms with Crippen molar-refractivity contribution in [1.29, 1.82) is 0 Å². The molecule has 4 nitrogen and oxygen atoms in total.